The summed E-state index contributed by atoms with van der Waals surface area (Å²) in [5, 5.41) is 9.00. The molecule has 0 aliphatic heterocycles. The third-order valence-electron chi connectivity index (χ3n) is 2.43. The lowest BCUT2D eigenvalue weighted by atomic mass is 10.1. The lowest BCUT2D eigenvalue weighted by Gasteiger charge is -2.05. The van der Waals surface area contributed by atoms with Crippen LogP contribution in [0.15, 0.2) is 29.1 Å². The number of hydrogen-bond acceptors (Lipinski definition) is 4. The van der Waals surface area contributed by atoms with Crippen LogP contribution >= 0.6 is 12.2 Å². The fourth-order valence-corrected chi connectivity index (χ4v) is 1.76. The Morgan fingerprint density at radius 2 is 1.94 bits per heavy atom. The molecule has 0 saturated heterocycles. The molecule has 0 fully saturated rings. The van der Waals surface area contributed by atoms with Crippen molar-refractivity contribution in [2.45, 2.75) is 0 Å². The second-order valence-electron chi connectivity index (χ2n) is 3.50. The highest BCUT2D eigenvalue weighted by Crippen LogP contribution is 2.21. The number of nitrogens with one attached hydrogen (secondary N) is 2. The summed E-state index contributed by atoms with van der Waals surface area (Å²) in [4.78, 5) is 16.8. The topological polar surface area (TPSA) is 81.7 Å². The van der Waals surface area contributed by atoms with Gasteiger partial charge in [-0.2, -0.15) is 5.26 Å². The molecule has 2 N–H and O–H groups in total. The predicted octanol–water partition coefficient (Wildman–Crippen LogP) is 1.98. The summed E-state index contributed by atoms with van der Waals surface area (Å²) in [7, 11) is 1.57. The summed E-state index contributed by atoms with van der Waals surface area (Å²) in [6.45, 7) is 0. The standard InChI is InChI=1S/C12H9N3O2S/c1-17-8-4-2-7(3-5-8)10-9(6-13)11(16)15-12(18)14-10/h2-5H,1H3,(H2,14,15,16,18). The molecule has 0 bridgehead atoms. The van der Waals surface area contributed by atoms with Gasteiger partial charge in [0.15, 0.2) is 4.77 Å². The maximum atomic E-state index is 11.6. The van der Waals surface area contributed by atoms with Crippen molar-refractivity contribution < 1.29 is 4.74 Å². The van der Waals surface area contributed by atoms with Gasteiger partial charge < -0.3 is 9.72 Å². The Kier molecular flexibility index (Phi) is 3.26. The van der Waals surface area contributed by atoms with Crippen LogP contribution in [0.25, 0.3) is 11.3 Å². The van der Waals surface area contributed by atoms with E-state index in [1.807, 2.05) is 6.07 Å². The lowest BCUT2D eigenvalue weighted by molar-refractivity contribution is 0.415. The first-order chi connectivity index (χ1) is 8.65. The molecule has 0 amide bonds. The summed E-state index contributed by atoms with van der Waals surface area (Å²) >= 11 is 4.90. The summed E-state index contributed by atoms with van der Waals surface area (Å²) in [5.74, 6) is 0.695. The van der Waals surface area contributed by atoms with E-state index in [-0.39, 0.29) is 10.3 Å². The first-order valence-corrected chi connectivity index (χ1v) is 5.47. The van der Waals surface area contributed by atoms with Gasteiger partial charge in [0.1, 0.15) is 17.4 Å². The highest BCUT2D eigenvalue weighted by molar-refractivity contribution is 7.71. The molecule has 0 aliphatic rings. The molecule has 1 aromatic heterocycles. The van der Waals surface area contributed by atoms with Crippen molar-refractivity contribution in [3.8, 4) is 23.1 Å². The Bertz CT molecular complexity index is 723. The fraction of sp³-hybridized carbons (Fsp3) is 0.0833. The van der Waals surface area contributed by atoms with Crippen LogP contribution in [0, 0.1) is 16.1 Å². The number of rotatable bonds is 2. The molecule has 0 saturated carbocycles. The van der Waals surface area contributed by atoms with Crippen LogP contribution < -0.4 is 10.3 Å². The molecule has 0 radical (unpaired) electrons. The van der Waals surface area contributed by atoms with Crippen LogP contribution in [-0.4, -0.2) is 17.1 Å². The summed E-state index contributed by atoms with van der Waals surface area (Å²) in [6.07, 6.45) is 0. The molecule has 6 heteroatoms. The Morgan fingerprint density at radius 1 is 1.28 bits per heavy atom. The van der Waals surface area contributed by atoms with Gasteiger partial charge in [0.2, 0.25) is 0 Å². The van der Waals surface area contributed by atoms with Crippen molar-refractivity contribution >= 4 is 12.2 Å². The average molecular weight is 259 g/mol. The number of nitrogens with zero attached hydrogens (tertiary/aromatic N) is 1. The SMILES string of the molecule is COc1ccc(-c2[nH]c(=S)[nH]c(=O)c2C#N)cc1. The van der Waals surface area contributed by atoms with Gasteiger partial charge in [0.05, 0.1) is 12.8 Å². The van der Waals surface area contributed by atoms with E-state index in [2.05, 4.69) is 9.97 Å². The highest BCUT2D eigenvalue weighted by atomic mass is 32.1. The maximum Gasteiger partial charge on any atom is 0.270 e. The molecular formula is C12H9N3O2S. The van der Waals surface area contributed by atoms with E-state index in [0.717, 1.165) is 0 Å². The molecule has 2 aromatic rings. The van der Waals surface area contributed by atoms with Crippen LogP contribution in [0.5, 0.6) is 5.75 Å². The number of aromatic nitrogens is 2. The molecular weight excluding hydrogens is 250 g/mol. The first-order valence-electron chi connectivity index (χ1n) is 5.07. The number of aromatic amines is 2. The molecule has 0 spiro atoms. The van der Waals surface area contributed by atoms with E-state index in [0.29, 0.717) is 17.0 Å². The molecule has 18 heavy (non-hydrogen) atoms. The van der Waals surface area contributed by atoms with E-state index in [1.165, 1.54) is 0 Å². The van der Waals surface area contributed by atoms with Crippen LogP contribution in [-0.2, 0) is 0 Å². The van der Waals surface area contributed by atoms with Gasteiger partial charge >= 0.3 is 0 Å². The Balaban J connectivity index is 2.67. The van der Waals surface area contributed by atoms with Crippen LogP contribution in [0.2, 0.25) is 0 Å². The van der Waals surface area contributed by atoms with E-state index < -0.39 is 5.56 Å². The zero-order valence-corrected chi connectivity index (χ0v) is 10.3. The number of ether oxygens (including phenoxy) is 1. The lowest BCUT2D eigenvalue weighted by Crippen LogP contribution is -2.13. The summed E-state index contributed by atoms with van der Waals surface area (Å²) < 4.78 is 5.23. The van der Waals surface area contributed by atoms with Crippen molar-refractivity contribution in [3.63, 3.8) is 0 Å². The minimum atomic E-state index is -0.493. The monoisotopic (exact) mass is 259 g/mol. The Labute approximate surface area is 108 Å². The minimum absolute atomic E-state index is 0.00812. The zero-order chi connectivity index (χ0) is 13.1. The number of benzene rings is 1. The van der Waals surface area contributed by atoms with Crippen molar-refractivity contribution in [3.05, 3.63) is 45.0 Å². The molecule has 0 aliphatic carbocycles. The number of H-pyrrole nitrogens is 2. The van der Waals surface area contributed by atoms with Gasteiger partial charge in [-0.05, 0) is 42.0 Å². The molecule has 5 nitrogen and oxygen atoms in total. The molecule has 2 rings (SSSR count). The molecule has 1 aromatic carbocycles. The van der Waals surface area contributed by atoms with E-state index in [4.69, 9.17) is 22.2 Å². The van der Waals surface area contributed by atoms with Gasteiger partial charge in [0.25, 0.3) is 5.56 Å². The van der Waals surface area contributed by atoms with Gasteiger partial charge in [0, 0.05) is 0 Å². The first kappa shape index (κ1) is 12.1. The van der Waals surface area contributed by atoms with Crippen molar-refractivity contribution in [1.29, 1.82) is 5.26 Å². The van der Waals surface area contributed by atoms with Crippen molar-refractivity contribution in [1.82, 2.24) is 9.97 Å². The average Bonchev–Trinajstić information content (AvgIpc) is 2.38. The van der Waals surface area contributed by atoms with Gasteiger partial charge in [-0.1, -0.05) is 0 Å². The van der Waals surface area contributed by atoms with E-state index >= 15 is 0 Å². The van der Waals surface area contributed by atoms with Crippen molar-refractivity contribution in [2.75, 3.05) is 7.11 Å². The van der Waals surface area contributed by atoms with Crippen molar-refractivity contribution in [2.24, 2.45) is 0 Å². The van der Waals surface area contributed by atoms with Crippen LogP contribution in [0.3, 0.4) is 0 Å². The van der Waals surface area contributed by atoms with Gasteiger partial charge in [-0.15, -0.1) is 0 Å². The zero-order valence-electron chi connectivity index (χ0n) is 9.48. The third-order valence-corrected chi connectivity index (χ3v) is 2.64. The second kappa shape index (κ2) is 4.85. The number of methoxy groups -OCH3 is 1. The second-order valence-corrected chi connectivity index (χ2v) is 3.91. The van der Waals surface area contributed by atoms with E-state index in [1.54, 1.807) is 31.4 Å². The normalized spacial score (nSPS) is 9.78. The molecule has 90 valence electrons. The van der Waals surface area contributed by atoms with Gasteiger partial charge in [-0.25, -0.2) is 0 Å². The summed E-state index contributed by atoms with van der Waals surface area (Å²) in [5.41, 5.74) is 0.624. The fourth-order valence-electron chi connectivity index (χ4n) is 1.57. The van der Waals surface area contributed by atoms with Gasteiger partial charge in [-0.3, -0.25) is 9.78 Å². The molecule has 0 unspecified atom stereocenters. The number of hydrogen-bond donors (Lipinski definition) is 2. The Hall–Kier alpha value is -2.39. The van der Waals surface area contributed by atoms with E-state index in [9.17, 15) is 4.79 Å². The Morgan fingerprint density at radius 3 is 2.50 bits per heavy atom. The minimum Gasteiger partial charge on any atom is -0.497 e. The smallest absolute Gasteiger partial charge is 0.270 e. The number of nitriles is 1. The molecule has 0 atom stereocenters. The predicted molar refractivity (Wildman–Crippen MR) is 69.0 cm³/mol. The quantitative estimate of drug-likeness (QED) is 0.808. The van der Waals surface area contributed by atoms with Crippen LogP contribution in [0.1, 0.15) is 5.56 Å². The third kappa shape index (κ3) is 2.17. The molecule has 1 heterocycles. The summed E-state index contributed by atoms with van der Waals surface area (Å²) in [6, 6.07) is 8.85. The van der Waals surface area contributed by atoms with Crippen LogP contribution in [0.4, 0.5) is 0 Å². The largest absolute Gasteiger partial charge is 0.497 e. The highest BCUT2D eigenvalue weighted by Gasteiger charge is 2.09. The maximum absolute atomic E-state index is 11.6.